The molecule has 5 heteroatoms. The van der Waals surface area contributed by atoms with Gasteiger partial charge in [0.25, 0.3) is 0 Å². The third-order valence-electron chi connectivity index (χ3n) is 3.02. The summed E-state index contributed by atoms with van der Waals surface area (Å²) in [5, 5.41) is 8.90. The van der Waals surface area contributed by atoms with Gasteiger partial charge in [-0.2, -0.15) is 5.26 Å². The Bertz CT molecular complexity index is 343. The van der Waals surface area contributed by atoms with Gasteiger partial charge in [-0.25, -0.2) is 4.79 Å². The van der Waals surface area contributed by atoms with Crippen molar-refractivity contribution in [2.24, 2.45) is 0 Å². The molecule has 1 heterocycles. The largest absolute Gasteiger partial charge is 0.444 e. The molecule has 0 aromatic rings. The van der Waals surface area contributed by atoms with Crippen molar-refractivity contribution in [1.82, 2.24) is 9.80 Å². The molecule has 0 radical (unpaired) electrons. The average Bonchev–Trinajstić information content (AvgIpc) is 2.25. The topological polar surface area (TPSA) is 56.6 Å². The fourth-order valence-electron chi connectivity index (χ4n) is 2.01. The number of amides is 1. The third-order valence-corrected chi connectivity index (χ3v) is 3.02. The van der Waals surface area contributed by atoms with Crippen LogP contribution in [0, 0.1) is 11.3 Å². The lowest BCUT2D eigenvalue weighted by Crippen LogP contribution is -2.56. The Morgan fingerprint density at radius 2 is 2.06 bits per heavy atom. The lowest BCUT2D eigenvalue weighted by molar-refractivity contribution is -0.000589. The summed E-state index contributed by atoms with van der Waals surface area (Å²) >= 11 is 0. The molecule has 1 aliphatic rings. The smallest absolute Gasteiger partial charge is 0.410 e. The average molecular weight is 253 g/mol. The molecule has 1 saturated heterocycles. The van der Waals surface area contributed by atoms with E-state index < -0.39 is 5.60 Å². The highest BCUT2D eigenvalue weighted by atomic mass is 16.6. The monoisotopic (exact) mass is 253 g/mol. The normalized spacial score (nSPS) is 23.3. The number of nitriles is 1. The van der Waals surface area contributed by atoms with Gasteiger partial charge in [0.15, 0.2) is 0 Å². The van der Waals surface area contributed by atoms with E-state index in [-0.39, 0.29) is 18.2 Å². The summed E-state index contributed by atoms with van der Waals surface area (Å²) in [5.41, 5.74) is -0.464. The summed E-state index contributed by atoms with van der Waals surface area (Å²) in [5.74, 6) is 0. The van der Waals surface area contributed by atoms with Crippen LogP contribution < -0.4 is 0 Å². The predicted octanol–water partition coefficient (Wildman–Crippen LogP) is 1.84. The first-order valence-electron chi connectivity index (χ1n) is 6.38. The van der Waals surface area contributed by atoms with Gasteiger partial charge in [-0.05, 0) is 34.6 Å². The molecule has 1 aliphatic heterocycles. The summed E-state index contributed by atoms with van der Waals surface area (Å²) in [6.45, 7) is 11.5. The molecular formula is C13H23N3O2. The van der Waals surface area contributed by atoms with Crippen LogP contribution in [0.2, 0.25) is 0 Å². The lowest BCUT2D eigenvalue weighted by atomic mass is 10.1. The van der Waals surface area contributed by atoms with Gasteiger partial charge in [-0.1, -0.05) is 0 Å². The molecule has 18 heavy (non-hydrogen) atoms. The molecule has 0 bridgehead atoms. The molecule has 1 fully saturated rings. The number of carbonyl (C=O) groups excluding carboxylic acids is 1. The molecule has 0 spiro atoms. The third kappa shape index (κ3) is 3.88. The Morgan fingerprint density at radius 3 is 2.50 bits per heavy atom. The van der Waals surface area contributed by atoms with Crippen LogP contribution in [0.25, 0.3) is 0 Å². The summed E-state index contributed by atoms with van der Waals surface area (Å²) in [6.07, 6.45) is -0.265. The van der Waals surface area contributed by atoms with Crippen LogP contribution in [-0.4, -0.2) is 53.2 Å². The minimum atomic E-state index is -0.464. The first-order valence-corrected chi connectivity index (χ1v) is 6.38. The van der Waals surface area contributed by atoms with E-state index >= 15 is 0 Å². The highest BCUT2D eigenvalue weighted by Gasteiger charge is 2.32. The summed E-state index contributed by atoms with van der Waals surface area (Å²) in [4.78, 5) is 15.8. The Labute approximate surface area is 109 Å². The second-order valence-electron chi connectivity index (χ2n) is 5.82. The summed E-state index contributed by atoms with van der Waals surface area (Å²) < 4.78 is 5.37. The molecule has 0 aromatic heterocycles. The molecule has 0 aromatic carbocycles. The van der Waals surface area contributed by atoms with Gasteiger partial charge in [0.2, 0.25) is 0 Å². The van der Waals surface area contributed by atoms with Crippen LogP contribution in [-0.2, 0) is 4.74 Å². The van der Waals surface area contributed by atoms with E-state index in [1.165, 1.54) is 0 Å². The first kappa shape index (κ1) is 14.8. The maximum absolute atomic E-state index is 12.0. The maximum atomic E-state index is 12.0. The summed E-state index contributed by atoms with van der Waals surface area (Å²) in [7, 11) is 0. The quantitative estimate of drug-likeness (QED) is 0.715. The molecule has 2 unspecified atom stereocenters. The van der Waals surface area contributed by atoms with Gasteiger partial charge in [0, 0.05) is 25.7 Å². The molecular weight excluding hydrogens is 230 g/mol. The minimum absolute atomic E-state index is 0.0735. The fourth-order valence-corrected chi connectivity index (χ4v) is 2.01. The number of hydrogen-bond donors (Lipinski definition) is 0. The molecule has 0 N–H and O–H groups in total. The lowest BCUT2D eigenvalue weighted by Gasteiger charge is -2.41. The summed E-state index contributed by atoms with van der Waals surface area (Å²) in [6, 6.07) is 2.20. The number of nitrogens with zero attached hydrogens (tertiary/aromatic N) is 3. The van der Waals surface area contributed by atoms with Gasteiger partial charge in [-0.15, -0.1) is 0 Å². The SMILES string of the molecule is CC(C#N)N1CCN(C(=O)OC(C)(C)C)C(C)C1. The zero-order valence-electron chi connectivity index (χ0n) is 11.9. The number of ether oxygens (including phenoxy) is 1. The first-order chi connectivity index (χ1) is 8.24. The van der Waals surface area contributed by atoms with Crippen molar-refractivity contribution in [3.05, 3.63) is 0 Å². The molecule has 102 valence electrons. The number of rotatable bonds is 1. The van der Waals surface area contributed by atoms with E-state index in [1.807, 2.05) is 34.6 Å². The van der Waals surface area contributed by atoms with Crippen molar-refractivity contribution in [1.29, 1.82) is 5.26 Å². The standard InChI is InChI=1S/C13H23N3O2/c1-10(8-14)15-6-7-16(11(2)9-15)12(17)18-13(3,4)5/h10-11H,6-7,9H2,1-5H3. The fraction of sp³-hybridized carbons (Fsp3) is 0.846. The van der Waals surface area contributed by atoms with Crippen molar-refractivity contribution in [2.45, 2.75) is 52.3 Å². The molecule has 0 saturated carbocycles. The van der Waals surface area contributed by atoms with Crippen LogP contribution in [0.1, 0.15) is 34.6 Å². The van der Waals surface area contributed by atoms with Crippen LogP contribution in [0.5, 0.6) is 0 Å². The number of hydrogen-bond acceptors (Lipinski definition) is 4. The van der Waals surface area contributed by atoms with Crippen LogP contribution in [0.15, 0.2) is 0 Å². The van der Waals surface area contributed by atoms with Gasteiger partial charge >= 0.3 is 6.09 Å². The van der Waals surface area contributed by atoms with Crippen molar-refractivity contribution >= 4 is 6.09 Å². The Hall–Kier alpha value is -1.28. The Kier molecular flexibility index (Phi) is 4.58. The Balaban J connectivity index is 2.58. The maximum Gasteiger partial charge on any atom is 0.410 e. The molecule has 1 rings (SSSR count). The van der Waals surface area contributed by atoms with Gasteiger partial charge < -0.3 is 9.64 Å². The van der Waals surface area contributed by atoms with Crippen LogP contribution in [0.3, 0.4) is 0 Å². The van der Waals surface area contributed by atoms with E-state index in [4.69, 9.17) is 10.00 Å². The number of carbonyl (C=O) groups is 1. The molecule has 2 atom stereocenters. The molecule has 0 aliphatic carbocycles. The van der Waals surface area contributed by atoms with Crippen LogP contribution in [0.4, 0.5) is 4.79 Å². The van der Waals surface area contributed by atoms with Crippen molar-refractivity contribution in [2.75, 3.05) is 19.6 Å². The van der Waals surface area contributed by atoms with Crippen molar-refractivity contribution in [3.63, 3.8) is 0 Å². The minimum Gasteiger partial charge on any atom is -0.444 e. The number of piperazine rings is 1. The van der Waals surface area contributed by atoms with E-state index in [1.54, 1.807) is 4.90 Å². The highest BCUT2D eigenvalue weighted by molar-refractivity contribution is 5.68. The Morgan fingerprint density at radius 1 is 1.44 bits per heavy atom. The van der Waals surface area contributed by atoms with E-state index in [0.717, 1.165) is 6.54 Å². The second kappa shape index (κ2) is 5.57. The van der Waals surface area contributed by atoms with E-state index in [9.17, 15) is 4.79 Å². The van der Waals surface area contributed by atoms with Gasteiger partial charge in [0.05, 0.1) is 12.1 Å². The van der Waals surface area contributed by atoms with Crippen molar-refractivity contribution in [3.8, 4) is 6.07 Å². The van der Waals surface area contributed by atoms with E-state index in [2.05, 4.69) is 11.0 Å². The zero-order valence-corrected chi connectivity index (χ0v) is 11.9. The molecule has 1 amide bonds. The van der Waals surface area contributed by atoms with Gasteiger partial charge in [-0.3, -0.25) is 4.90 Å². The zero-order chi connectivity index (χ0) is 13.9. The highest BCUT2D eigenvalue weighted by Crippen LogP contribution is 2.16. The molecule has 5 nitrogen and oxygen atoms in total. The van der Waals surface area contributed by atoms with Gasteiger partial charge in [0.1, 0.15) is 5.60 Å². The second-order valence-corrected chi connectivity index (χ2v) is 5.82. The van der Waals surface area contributed by atoms with Crippen molar-refractivity contribution < 1.29 is 9.53 Å². The van der Waals surface area contributed by atoms with E-state index in [0.29, 0.717) is 13.1 Å². The van der Waals surface area contributed by atoms with Crippen LogP contribution >= 0.6 is 0 Å². The predicted molar refractivity (Wildman–Crippen MR) is 69.1 cm³/mol.